The van der Waals surface area contributed by atoms with Crippen LogP contribution >= 0.6 is 11.6 Å². The van der Waals surface area contributed by atoms with E-state index >= 15 is 0 Å². The molecule has 3 heterocycles. The Hall–Kier alpha value is -1.29. The second-order valence-corrected chi connectivity index (χ2v) is 4.92. The summed E-state index contributed by atoms with van der Waals surface area (Å²) >= 11 is 5.92. The molecule has 0 N–H and O–H groups in total. The summed E-state index contributed by atoms with van der Waals surface area (Å²) in [5.41, 5.74) is 2.12. The lowest BCUT2D eigenvalue weighted by Crippen LogP contribution is -2.21. The summed E-state index contributed by atoms with van der Waals surface area (Å²) in [4.78, 5) is 11.2. The van der Waals surface area contributed by atoms with Crippen molar-refractivity contribution in [1.82, 2.24) is 14.5 Å². The molecule has 1 aliphatic rings. The zero-order valence-corrected chi connectivity index (χ0v) is 10.6. The van der Waals surface area contributed by atoms with Gasteiger partial charge in [0.2, 0.25) is 0 Å². The van der Waals surface area contributed by atoms with E-state index in [4.69, 9.17) is 11.6 Å². The number of pyridine rings is 1. The summed E-state index contributed by atoms with van der Waals surface area (Å²) in [5.74, 6) is 2.31. The smallest absolute Gasteiger partial charge is 0.156 e. The zero-order chi connectivity index (χ0) is 11.8. The van der Waals surface area contributed by atoms with Crippen molar-refractivity contribution in [3.63, 3.8) is 0 Å². The van der Waals surface area contributed by atoms with Gasteiger partial charge in [0.05, 0.1) is 11.8 Å². The molecule has 1 unspecified atom stereocenters. The van der Waals surface area contributed by atoms with Gasteiger partial charge in [-0.15, -0.1) is 11.6 Å². The summed E-state index contributed by atoms with van der Waals surface area (Å²) in [7, 11) is 2.00. The van der Waals surface area contributed by atoms with Gasteiger partial charge >= 0.3 is 0 Å². The third-order valence-electron chi connectivity index (χ3n) is 3.43. The molecule has 1 fully saturated rings. The largest absolute Gasteiger partial charge is 0.354 e. The van der Waals surface area contributed by atoms with Crippen LogP contribution in [0.5, 0.6) is 0 Å². The van der Waals surface area contributed by atoms with Crippen molar-refractivity contribution in [2.45, 2.75) is 6.42 Å². The van der Waals surface area contributed by atoms with Crippen LogP contribution in [0.15, 0.2) is 18.6 Å². The number of hydrogen-bond donors (Lipinski definition) is 0. The van der Waals surface area contributed by atoms with Crippen LogP contribution in [0.2, 0.25) is 0 Å². The van der Waals surface area contributed by atoms with E-state index in [0.717, 1.165) is 42.2 Å². The molecule has 0 amide bonds. The van der Waals surface area contributed by atoms with Crippen molar-refractivity contribution in [3.8, 4) is 0 Å². The van der Waals surface area contributed by atoms with E-state index in [2.05, 4.69) is 14.9 Å². The van der Waals surface area contributed by atoms with Crippen LogP contribution < -0.4 is 4.90 Å². The van der Waals surface area contributed by atoms with Crippen molar-refractivity contribution >= 4 is 28.5 Å². The molecule has 0 bridgehead atoms. The molecule has 1 aliphatic heterocycles. The first kappa shape index (κ1) is 10.8. The Balaban J connectivity index is 2.00. The van der Waals surface area contributed by atoms with Gasteiger partial charge in [0.15, 0.2) is 5.82 Å². The van der Waals surface area contributed by atoms with Gasteiger partial charge in [-0.2, -0.15) is 0 Å². The lowest BCUT2D eigenvalue weighted by atomic mass is 10.2. The molecule has 2 aromatic rings. The van der Waals surface area contributed by atoms with Gasteiger partial charge in [0, 0.05) is 32.2 Å². The average molecular weight is 251 g/mol. The van der Waals surface area contributed by atoms with Gasteiger partial charge in [-0.25, -0.2) is 9.97 Å². The fourth-order valence-corrected chi connectivity index (χ4v) is 2.68. The number of imidazole rings is 1. The van der Waals surface area contributed by atoms with Crippen LogP contribution in [0, 0.1) is 5.92 Å². The number of hydrogen-bond acceptors (Lipinski definition) is 3. The second-order valence-electron chi connectivity index (χ2n) is 4.61. The minimum absolute atomic E-state index is 0.581. The van der Waals surface area contributed by atoms with Crippen molar-refractivity contribution in [2.24, 2.45) is 13.0 Å². The number of aryl methyl sites for hydroxylation is 1. The fourth-order valence-electron chi connectivity index (χ4n) is 2.43. The molecule has 0 aromatic carbocycles. The molecule has 90 valence electrons. The highest BCUT2D eigenvalue weighted by atomic mass is 35.5. The minimum Gasteiger partial charge on any atom is -0.354 e. The first-order valence-electron chi connectivity index (χ1n) is 5.86. The molecule has 1 saturated heterocycles. The van der Waals surface area contributed by atoms with Gasteiger partial charge in [-0.3, -0.25) is 0 Å². The van der Waals surface area contributed by atoms with Crippen LogP contribution in [0.25, 0.3) is 11.0 Å². The fraction of sp³-hybridized carbons (Fsp3) is 0.500. The lowest BCUT2D eigenvalue weighted by molar-refractivity contribution is 0.666. The van der Waals surface area contributed by atoms with Crippen LogP contribution in [0.1, 0.15) is 6.42 Å². The predicted molar refractivity (Wildman–Crippen MR) is 69.5 cm³/mol. The Morgan fingerprint density at radius 1 is 1.47 bits per heavy atom. The van der Waals surface area contributed by atoms with Crippen molar-refractivity contribution in [3.05, 3.63) is 18.6 Å². The van der Waals surface area contributed by atoms with Crippen LogP contribution in [0.3, 0.4) is 0 Å². The number of alkyl halides is 1. The maximum atomic E-state index is 5.92. The highest BCUT2D eigenvalue weighted by molar-refractivity contribution is 6.18. The summed E-state index contributed by atoms with van der Waals surface area (Å²) in [6.45, 7) is 2.02. The Morgan fingerprint density at radius 2 is 2.35 bits per heavy atom. The van der Waals surface area contributed by atoms with Gasteiger partial charge in [0.25, 0.3) is 0 Å². The Bertz CT molecular complexity index is 536. The molecule has 0 spiro atoms. The number of aromatic nitrogens is 3. The van der Waals surface area contributed by atoms with Crippen LogP contribution in [-0.2, 0) is 7.05 Å². The van der Waals surface area contributed by atoms with Crippen LogP contribution in [0.4, 0.5) is 5.82 Å². The second kappa shape index (κ2) is 4.18. The molecule has 2 aromatic heterocycles. The van der Waals surface area contributed by atoms with E-state index in [1.54, 1.807) is 0 Å². The standard InChI is InChI=1S/C12H15ClN4/c1-16-8-15-11-10(16)2-4-14-12(11)17-5-3-9(6-13)7-17/h2,4,8-9H,3,5-7H2,1H3. The molecular weight excluding hydrogens is 236 g/mol. The van der Waals surface area contributed by atoms with Crippen molar-refractivity contribution < 1.29 is 0 Å². The first-order valence-corrected chi connectivity index (χ1v) is 6.40. The molecule has 0 saturated carbocycles. The Morgan fingerprint density at radius 3 is 3.12 bits per heavy atom. The quantitative estimate of drug-likeness (QED) is 0.765. The SMILES string of the molecule is Cn1cnc2c(N3CCC(CCl)C3)nccc21. The van der Waals surface area contributed by atoms with Gasteiger partial charge in [-0.1, -0.05) is 0 Å². The number of halogens is 1. The van der Waals surface area contributed by atoms with Gasteiger partial charge in [0.1, 0.15) is 5.52 Å². The van der Waals surface area contributed by atoms with E-state index in [1.807, 2.05) is 30.2 Å². The van der Waals surface area contributed by atoms with E-state index in [1.165, 1.54) is 0 Å². The van der Waals surface area contributed by atoms with Gasteiger partial charge in [-0.05, 0) is 18.4 Å². The van der Waals surface area contributed by atoms with Crippen molar-refractivity contribution in [1.29, 1.82) is 0 Å². The third kappa shape index (κ3) is 1.76. The summed E-state index contributed by atoms with van der Waals surface area (Å²) in [5, 5.41) is 0. The zero-order valence-electron chi connectivity index (χ0n) is 9.80. The predicted octanol–water partition coefficient (Wildman–Crippen LogP) is 2.03. The van der Waals surface area contributed by atoms with Crippen molar-refractivity contribution in [2.75, 3.05) is 23.9 Å². The Labute approximate surface area is 105 Å². The number of anilines is 1. The highest BCUT2D eigenvalue weighted by Crippen LogP contribution is 2.28. The minimum atomic E-state index is 0.581. The topological polar surface area (TPSA) is 34.0 Å². The Kier molecular flexibility index (Phi) is 2.67. The molecule has 4 nitrogen and oxygen atoms in total. The number of rotatable bonds is 2. The molecule has 0 aliphatic carbocycles. The normalized spacial score (nSPS) is 20.4. The number of nitrogens with zero attached hydrogens (tertiary/aromatic N) is 4. The lowest BCUT2D eigenvalue weighted by Gasteiger charge is -2.17. The van der Waals surface area contributed by atoms with Gasteiger partial charge < -0.3 is 9.47 Å². The summed E-state index contributed by atoms with van der Waals surface area (Å²) in [6.07, 6.45) is 4.84. The molecule has 17 heavy (non-hydrogen) atoms. The molecule has 1 atom stereocenters. The van der Waals surface area contributed by atoms with E-state index in [0.29, 0.717) is 5.92 Å². The molecule has 3 rings (SSSR count). The first-order chi connectivity index (χ1) is 8.29. The van der Waals surface area contributed by atoms with E-state index in [9.17, 15) is 0 Å². The van der Waals surface area contributed by atoms with E-state index < -0.39 is 0 Å². The average Bonchev–Trinajstić information content (AvgIpc) is 2.96. The molecular formula is C12H15ClN4. The molecule has 5 heteroatoms. The highest BCUT2D eigenvalue weighted by Gasteiger charge is 2.24. The number of fused-ring (bicyclic) bond motifs is 1. The summed E-state index contributed by atoms with van der Waals surface area (Å²) < 4.78 is 2.02. The maximum Gasteiger partial charge on any atom is 0.156 e. The summed E-state index contributed by atoms with van der Waals surface area (Å²) in [6, 6.07) is 2.00. The van der Waals surface area contributed by atoms with Crippen LogP contribution in [-0.4, -0.2) is 33.5 Å². The monoisotopic (exact) mass is 250 g/mol. The maximum absolute atomic E-state index is 5.92. The molecule has 0 radical (unpaired) electrons. The third-order valence-corrected chi connectivity index (χ3v) is 3.86. The van der Waals surface area contributed by atoms with E-state index in [-0.39, 0.29) is 0 Å².